The van der Waals surface area contributed by atoms with Gasteiger partial charge in [0.05, 0.1) is 0 Å². The average Bonchev–Trinajstić information content (AvgIpc) is 2.10. The maximum Gasteiger partial charge on any atom is 0.223 e. The second-order valence-electron chi connectivity index (χ2n) is 8.03. The van der Waals surface area contributed by atoms with Gasteiger partial charge in [-0.15, -0.1) is 0 Å². The monoisotopic (exact) mass is 268 g/mol. The Morgan fingerprint density at radius 1 is 1.21 bits per heavy atom. The highest BCUT2D eigenvalue weighted by atomic mass is 16.2. The van der Waals surface area contributed by atoms with E-state index in [1.807, 2.05) is 4.90 Å². The molecule has 0 N–H and O–H groups in total. The summed E-state index contributed by atoms with van der Waals surface area (Å²) in [4.78, 5) is 16.6. The Morgan fingerprint density at radius 2 is 1.74 bits per heavy atom. The zero-order chi connectivity index (χ0) is 14.8. The second kappa shape index (κ2) is 5.82. The van der Waals surface area contributed by atoms with Gasteiger partial charge in [-0.05, 0) is 30.3 Å². The van der Waals surface area contributed by atoms with Crippen molar-refractivity contribution < 1.29 is 4.79 Å². The van der Waals surface area contributed by atoms with Crippen molar-refractivity contribution in [1.82, 2.24) is 9.80 Å². The van der Waals surface area contributed by atoms with Crippen LogP contribution in [0.15, 0.2) is 0 Å². The first kappa shape index (κ1) is 16.5. The lowest BCUT2D eigenvalue weighted by Gasteiger charge is -2.47. The lowest BCUT2D eigenvalue weighted by molar-refractivity contribution is -0.142. The van der Waals surface area contributed by atoms with E-state index in [4.69, 9.17) is 0 Å². The lowest BCUT2D eigenvalue weighted by atomic mass is 9.75. The highest BCUT2D eigenvalue weighted by Gasteiger charge is 2.39. The summed E-state index contributed by atoms with van der Waals surface area (Å²) in [6, 6.07) is 0. The topological polar surface area (TPSA) is 23.6 Å². The third-order valence-corrected chi connectivity index (χ3v) is 4.33. The minimum Gasteiger partial charge on any atom is -0.342 e. The summed E-state index contributed by atoms with van der Waals surface area (Å²) >= 11 is 0. The van der Waals surface area contributed by atoms with Crippen LogP contribution in [0.1, 0.15) is 48.0 Å². The summed E-state index contributed by atoms with van der Waals surface area (Å²) in [7, 11) is 2.12. The Kier molecular flexibility index (Phi) is 5.05. The number of carbonyl (C=O) groups excluding carboxylic acids is 1. The molecule has 3 nitrogen and oxygen atoms in total. The number of hydrogen-bond donors (Lipinski definition) is 0. The van der Waals surface area contributed by atoms with Gasteiger partial charge < -0.3 is 9.80 Å². The van der Waals surface area contributed by atoms with Crippen molar-refractivity contribution >= 4 is 5.91 Å². The molecule has 1 aliphatic heterocycles. The summed E-state index contributed by atoms with van der Waals surface area (Å²) < 4.78 is 0. The fourth-order valence-electron chi connectivity index (χ4n) is 2.65. The molecule has 1 heterocycles. The van der Waals surface area contributed by atoms with Gasteiger partial charge in [-0.1, -0.05) is 41.5 Å². The van der Waals surface area contributed by atoms with Crippen LogP contribution in [0.4, 0.5) is 0 Å². The van der Waals surface area contributed by atoms with Crippen LogP contribution in [-0.4, -0.2) is 48.9 Å². The maximum atomic E-state index is 12.3. The average molecular weight is 268 g/mol. The maximum absolute atomic E-state index is 12.3. The van der Waals surface area contributed by atoms with E-state index in [1.54, 1.807) is 0 Å². The molecule has 0 aromatic heterocycles. The van der Waals surface area contributed by atoms with Crippen molar-refractivity contribution in [2.24, 2.45) is 16.7 Å². The molecule has 0 aromatic carbocycles. The van der Waals surface area contributed by atoms with Crippen LogP contribution in [-0.2, 0) is 4.79 Å². The summed E-state index contributed by atoms with van der Waals surface area (Å²) in [5.41, 5.74) is 0.392. The smallest absolute Gasteiger partial charge is 0.223 e. The molecular weight excluding hydrogens is 236 g/mol. The Balaban J connectivity index is 2.41. The standard InChI is InChI=1S/C16H32N2O/c1-8-17(7)12-16(5,6)9-14(19)18-10-13(11-18)15(2,3)4/h13H,8-12H2,1-7H3. The van der Waals surface area contributed by atoms with E-state index in [1.165, 1.54) is 0 Å². The predicted octanol–water partition coefficient (Wildman–Crippen LogP) is 2.86. The summed E-state index contributed by atoms with van der Waals surface area (Å²) in [6.45, 7) is 17.2. The van der Waals surface area contributed by atoms with E-state index in [2.05, 4.69) is 53.5 Å². The van der Waals surface area contributed by atoms with Crippen molar-refractivity contribution in [2.45, 2.75) is 48.0 Å². The molecular formula is C16H32N2O. The molecule has 0 bridgehead atoms. The molecule has 1 aliphatic rings. The van der Waals surface area contributed by atoms with Gasteiger partial charge in [0.2, 0.25) is 5.91 Å². The number of hydrogen-bond acceptors (Lipinski definition) is 2. The van der Waals surface area contributed by atoms with Crippen LogP contribution in [0.25, 0.3) is 0 Å². The van der Waals surface area contributed by atoms with Gasteiger partial charge in [0.1, 0.15) is 0 Å². The lowest BCUT2D eigenvalue weighted by Crippen LogP contribution is -2.55. The van der Waals surface area contributed by atoms with Gasteiger partial charge in [0.25, 0.3) is 0 Å². The van der Waals surface area contributed by atoms with E-state index >= 15 is 0 Å². The summed E-state index contributed by atoms with van der Waals surface area (Å²) in [5, 5.41) is 0. The molecule has 1 amide bonds. The van der Waals surface area contributed by atoms with Crippen molar-refractivity contribution in [3.05, 3.63) is 0 Å². The first-order chi connectivity index (χ1) is 8.55. The highest BCUT2D eigenvalue weighted by Crippen LogP contribution is 2.35. The van der Waals surface area contributed by atoms with E-state index in [9.17, 15) is 4.79 Å². The molecule has 1 fully saturated rings. The van der Waals surface area contributed by atoms with Gasteiger partial charge >= 0.3 is 0 Å². The van der Waals surface area contributed by atoms with E-state index in [0.29, 0.717) is 23.7 Å². The van der Waals surface area contributed by atoms with Crippen LogP contribution in [0.3, 0.4) is 0 Å². The number of carbonyl (C=O) groups is 1. The summed E-state index contributed by atoms with van der Waals surface area (Å²) in [6.07, 6.45) is 0.661. The Morgan fingerprint density at radius 3 is 2.16 bits per heavy atom. The molecule has 0 radical (unpaired) electrons. The van der Waals surface area contributed by atoms with Gasteiger partial charge in [-0.25, -0.2) is 0 Å². The van der Waals surface area contributed by atoms with Crippen molar-refractivity contribution in [1.29, 1.82) is 0 Å². The normalized spacial score (nSPS) is 17.8. The fraction of sp³-hybridized carbons (Fsp3) is 0.938. The van der Waals surface area contributed by atoms with Crippen LogP contribution < -0.4 is 0 Å². The number of nitrogens with zero attached hydrogens (tertiary/aromatic N) is 2. The second-order valence-corrected chi connectivity index (χ2v) is 8.03. The zero-order valence-electron chi connectivity index (χ0n) is 13.9. The van der Waals surface area contributed by atoms with Crippen LogP contribution in [0.5, 0.6) is 0 Å². The molecule has 0 atom stereocenters. The molecule has 0 aromatic rings. The van der Waals surface area contributed by atoms with E-state index in [0.717, 1.165) is 26.2 Å². The third kappa shape index (κ3) is 4.79. The molecule has 19 heavy (non-hydrogen) atoms. The molecule has 3 heteroatoms. The predicted molar refractivity (Wildman–Crippen MR) is 81.1 cm³/mol. The number of rotatable bonds is 5. The van der Waals surface area contributed by atoms with Crippen molar-refractivity contribution in [3.8, 4) is 0 Å². The largest absolute Gasteiger partial charge is 0.342 e. The molecule has 112 valence electrons. The molecule has 0 saturated carbocycles. The first-order valence-electron chi connectivity index (χ1n) is 7.51. The fourth-order valence-corrected chi connectivity index (χ4v) is 2.65. The van der Waals surface area contributed by atoms with Gasteiger partial charge in [0.15, 0.2) is 0 Å². The molecule has 0 unspecified atom stereocenters. The van der Waals surface area contributed by atoms with Gasteiger partial charge in [0, 0.05) is 26.1 Å². The SMILES string of the molecule is CCN(C)CC(C)(C)CC(=O)N1CC(C(C)(C)C)C1. The van der Waals surface area contributed by atoms with E-state index in [-0.39, 0.29) is 5.41 Å². The van der Waals surface area contributed by atoms with Gasteiger partial charge in [-0.2, -0.15) is 0 Å². The minimum atomic E-state index is 0.0641. The van der Waals surface area contributed by atoms with E-state index < -0.39 is 0 Å². The Hall–Kier alpha value is -0.570. The number of likely N-dealkylation sites (tertiary alicyclic amines) is 1. The van der Waals surface area contributed by atoms with Gasteiger partial charge in [-0.3, -0.25) is 4.79 Å². The zero-order valence-corrected chi connectivity index (χ0v) is 13.9. The Labute approximate surface area is 119 Å². The third-order valence-electron chi connectivity index (χ3n) is 4.33. The Bertz CT molecular complexity index is 311. The van der Waals surface area contributed by atoms with Crippen molar-refractivity contribution in [2.75, 3.05) is 33.2 Å². The van der Waals surface area contributed by atoms with Crippen LogP contribution >= 0.6 is 0 Å². The molecule has 1 saturated heterocycles. The minimum absolute atomic E-state index is 0.0641. The first-order valence-corrected chi connectivity index (χ1v) is 7.51. The summed E-state index contributed by atoms with van der Waals surface area (Å²) in [5.74, 6) is 0.993. The highest BCUT2D eigenvalue weighted by molar-refractivity contribution is 5.77. The quantitative estimate of drug-likeness (QED) is 0.765. The molecule has 1 rings (SSSR count). The molecule has 0 spiro atoms. The number of amides is 1. The van der Waals surface area contributed by atoms with Crippen LogP contribution in [0.2, 0.25) is 0 Å². The molecule has 0 aliphatic carbocycles. The van der Waals surface area contributed by atoms with Crippen molar-refractivity contribution in [3.63, 3.8) is 0 Å². The van der Waals surface area contributed by atoms with Crippen LogP contribution in [0, 0.1) is 16.7 Å².